The van der Waals surface area contributed by atoms with Crippen LogP contribution in [0.1, 0.15) is 11.1 Å². The molecule has 0 saturated heterocycles. The second-order valence-electron chi connectivity index (χ2n) is 3.64. The maximum Gasteiger partial charge on any atom is 0.442 e. The van der Waals surface area contributed by atoms with Gasteiger partial charge in [0.05, 0.1) is 6.42 Å². The monoisotopic (exact) mass is 244 g/mol. The van der Waals surface area contributed by atoms with E-state index in [-0.39, 0.29) is 12.0 Å². The van der Waals surface area contributed by atoms with Gasteiger partial charge in [-0.05, 0) is 5.56 Å². The van der Waals surface area contributed by atoms with E-state index in [4.69, 9.17) is 5.11 Å². The van der Waals surface area contributed by atoms with Crippen molar-refractivity contribution in [3.63, 3.8) is 0 Å². The molecule has 0 aromatic heterocycles. The zero-order chi connectivity index (χ0) is 12.7. The fourth-order valence-corrected chi connectivity index (χ4v) is 1.47. The van der Waals surface area contributed by atoms with Crippen LogP contribution in [0.3, 0.4) is 0 Å². The first-order valence-electron chi connectivity index (χ1n) is 4.67. The Hall–Kier alpha value is -1.92. The summed E-state index contributed by atoms with van der Waals surface area (Å²) in [6.45, 7) is 0. The lowest BCUT2D eigenvalue weighted by atomic mass is 10.0. The van der Waals surface area contributed by atoms with E-state index in [1.807, 2.05) is 0 Å². The van der Waals surface area contributed by atoms with Crippen molar-refractivity contribution in [2.75, 3.05) is 0 Å². The van der Waals surface area contributed by atoms with E-state index in [0.29, 0.717) is 5.56 Å². The van der Waals surface area contributed by atoms with Crippen LogP contribution in [0.2, 0.25) is 0 Å². The predicted molar refractivity (Wildman–Crippen MR) is 50.4 cm³/mol. The van der Waals surface area contributed by atoms with E-state index >= 15 is 0 Å². The number of carbonyl (C=O) groups is 1. The smallest absolute Gasteiger partial charge is 0.442 e. The van der Waals surface area contributed by atoms with Crippen LogP contribution in [0, 0.1) is 0 Å². The summed E-state index contributed by atoms with van der Waals surface area (Å²) in [4.78, 5) is 10.4. The number of hydrogen-bond acceptors (Lipinski definition) is 3. The Kier molecular flexibility index (Phi) is 2.41. The van der Waals surface area contributed by atoms with Crippen LogP contribution in [-0.2, 0) is 16.9 Å². The summed E-state index contributed by atoms with van der Waals surface area (Å²) in [5.74, 6) is -1.04. The van der Waals surface area contributed by atoms with Crippen LogP contribution < -0.4 is 0 Å². The minimum atomic E-state index is -4.55. The average Bonchev–Trinajstić information content (AvgIpc) is 2.97. The van der Waals surface area contributed by atoms with Gasteiger partial charge in [-0.15, -0.1) is 10.2 Å². The molecule has 0 bridgehead atoms. The minimum absolute atomic E-state index is 0.0980. The van der Waals surface area contributed by atoms with Gasteiger partial charge in [-0.3, -0.25) is 4.79 Å². The third-order valence-electron chi connectivity index (χ3n) is 2.41. The molecule has 7 heteroatoms. The highest BCUT2D eigenvalue weighted by Crippen LogP contribution is 2.52. The summed E-state index contributed by atoms with van der Waals surface area (Å²) in [5, 5.41) is 14.6. The molecule has 2 rings (SSSR count). The van der Waals surface area contributed by atoms with Crippen molar-refractivity contribution in [2.45, 2.75) is 18.3 Å². The largest absolute Gasteiger partial charge is 0.481 e. The average molecular weight is 244 g/mol. The fourth-order valence-electron chi connectivity index (χ4n) is 1.47. The van der Waals surface area contributed by atoms with Gasteiger partial charge in [0, 0.05) is 5.56 Å². The Morgan fingerprint density at radius 1 is 1.24 bits per heavy atom. The Morgan fingerprint density at radius 2 is 1.76 bits per heavy atom. The van der Waals surface area contributed by atoms with E-state index in [2.05, 4.69) is 10.2 Å². The molecule has 0 unspecified atom stereocenters. The first kappa shape index (κ1) is 11.6. The first-order valence-corrected chi connectivity index (χ1v) is 4.67. The normalized spacial score (nSPS) is 16.9. The number of carboxylic acid groups (broad SMARTS) is 1. The van der Waals surface area contributed by atoms with E-state index in [1.165, 1.54) is 24.3 Å². The summed E-state index contributed by atoms with van der Waals surface area (Å²) >= 11 is 0. The van der Waals surface area contributed by atoms with Gasteiger partial charge >= 0.3 is 17.8 Å². The van der Waals surface area contributed by atoms with E-state index < -0.39 is 17.8 Å². The molecule has 0 spiro atoms. The topological polar surface area (TPSA) is 62.0 Å². The van der Waals surface area contributed by atoms with Crippen molar-refractivity contribution in [1.29, 1.82) is 0 Å². The third kappa shape index (κ3) is 2.00. The van der Waals surface area contributed by atoms with Crippen molar-refractivity contribution in [1.82, 2.24) is 0 Å². The van der Waals surface area contributed by atoms with Gasteiger partial charge in [-0.1, -0.05) is 24.3 Å². The Bertz CT molecular complexity index is 473. The molecule has 0 aliphatic carbocycles. The van der Waals surface area contributed by atoms with Crippen LogP contribution in [0.4, 0.5) is 13.2 Å². The summed E-state index contributed by atoms with van der Waals surface area (Å²) in [7, 11) is 0. The Balaban J connectivity index is 2.22. The van der Waals surface area contributed by atoms with Crippen LogP contribution in [-0.4, -0.2) is 17.3 Å². The molecule has 0 amide bonds. The maximum absolute atomic E-state index is 12.6. The van der Waals surface area contributed by atoms with Crippen molar-refractivity contribution in [3.8, 4) is 0 Å². The molecule has 0 fully saturated rings. The van der Waals surface area contributed by atoms with Crippen molar-refractivity contribution >= 4 is 5.97 Å². The molecule has 0 saturated carbocycles. The molecular formula is C10H7F3N2O2. The highest BCUT2D eigenvalue weighted by Gasteiger charge is 2.65. The zero-order valence-corrected chi connectivity index (χ0v) is 8.40. The van der Waals surface area contributed by atoms with Crippen LogP contribution in [0.5, 0.6) is 0 Å². The van der Waals surface area contributed by atoms with Gasteiger partial charge in [0.2, 0.25) is 0 Å². The van der Waals surface area contributed by atoms with Crippen LogP contribution in [0.15, 0.2) is 34.5 Å². The van der Waals surface area contributed by atoms with Gasteiger partial charge in [0.1, 0.15) is 0 Å². The Morgan fingerprint density at radius 3 is 2.12 bits per heavy atom. The lowest BCUT2D eigenvalue weighted by Gasteiger charge is -2.14. The fraction of sp³-hybridized carbons (Fsp3) is 0.300. The second kappa shape index (κ2) is 3.54. The quantitative estimate of drug-likeness (QED) is 0.887. The number of hydrogen-bond donors (Lipinski definition) is 1. The van der Waals surface area contributed by atoms with E-state index in [0.717, 1.165) is 0 Å². The molecule has 17 heavy (non-hydrogen) atoms. The van der Waals surface area contributed by atoms with Gasteiger partial charge in [0.25, 0.3) is 0 Å². The molecule has 1 aromatic rings. The summed E-state index contributed by atoms with van der Waals surface area (Å²) in [6.07, 6.45) is -4.78. The maximum atomic E-state index is 12.6. The van der Waals surface area contributed by atoms with Gasteiger partial charge in [-0.2, -0.15) is 13.2 Å². The van der Waals surface area contributed by atoms with Gasteiger partial charge in [0.15, 0.2) is 0 Å². The zero-order valence-electron chi connectivity index (χ0n) is 8.40. The number of carboxylic acids is 1. The summed E-state index contributed by atoms with van der Waals surface area (Å²) in [5.41, 5.74) is -2.10. The number of alkyl halides is 3. The molecule has 0 atom stereocenters. The van der Waals surface area contributed by atoms with E-state index in [9.17, 15) is 18.0 Å². The highest BCUT2D eigenvalue weighted by atomic mass is 19.4. The minimum Gasteiger partial charge on any atom is -0.481 e. The van der Waals surface area contributed by atoms with Crippen molar-refractivity contribution < 1.29 is 23.1 Å². The standard InChI is InChI=1S/C10H7F3N2O2/c11-10(12,13)9(14-15-9)7-3-1-6(2-4-7)5-8(16)17/h1-4H,5H2,(H,16,17). The van der Waals surface area contributed by atoms with Gasteiger partial charge in [-0.25, -0.2) is 0 Å². The summed E-state index contributed by atoms with van der Waals surface area (Å²) < 4.78 is 37.8. The SMILES string of the molecule is O=C(O)Cc1ccc(C2(C(F)(F)F)N=N2)cc1. The molecule has 90 valence electrons. The molecule has 1 heterocycles. The molecule has 1 N–H and O–H groups in total. The third-order valence-corrected chi connectivity index (χ3v) is 2.41. The van der Waals surface area contributed by atoms with Crippen molar-refractivity contribution in [3.05, 3.63) is 35.4 Å². The second-order valence-corrected chi connectivity index (χ2v) is 3.64. The Labute approximate surface area is 93.8 Å². The molecule has 1 aromatic carbocycles. The number of halogens is 3. The number of benzene rings is 1. The van der Waals surface area contributed by atoms with Gasteiger partial charge < -0.3 is 5.11 Å². The molecule has 1 aliphatic heterocycles. The molecule has 4 nitrogen and oxygen atoms in total. The molecular weight excluding hydrogens is 237 g/mol. The van der Waals surface area contributed by atoms with Crippen molar-refractivity contribution in [2.24, 2.45) is 10.2 Å². The highest BCUT2D eigenvalue weighted by molar-refractivity contribution is 5.70. The number of aliphatic carboxylic acids is 1. The first-order chi connectivity index (χ1) is 7.85. The summed E-state index contributed by atoms with van der Waals surface area (Å²) in [6, 6.07) is 5.07. The molecule has 0 radical (unpaired) electrons. The number of nitrogens with zero attached hydrogens (tertiary/aromatic N) is 2. The van der Waals surface area contributed by atoms with Crippen LogP contribution >= 0.6 is 0 Å². The molecule has 1 aliphatic rings. The van der Waals surface area contributed by atoms with Crippen LogP contribution in [0.25, 0.3) is 0 Å². The lowest BCUT2D eigenvalue weighted by molar-refractivity contribution is -0.166. The number of rotatable bonds is 3. The lowest BCUT2D eigenvalue weighted by Crippen LogP contribution is -2.30. The van der Waals surface area contributed by atoms with E-state index in [1.54, 1.807) is 0 Å². The predicted octanol–water partition coefficient (Wildman–Crippen LogP) is 2.49.